The summed E-state index contributed by atoms with van der Waals surface area (Å²) in [6, 6.07) is 0. The van der Waals surface area contributed by atoms with E-state index in [1.807, 2.05) is 0 Å². The number of esters is 1. The van der Waals surface area contributed by atoms with Gasteiger partial charge in [-0.25, -0.2) is 0 Å². The SMILES string of the molecule is CCCCCCCCCCCCCC[C@@H](C(=O)O)C(=O)OC. The Bertz CT molecular complexity index is 289. The van der Waals surface area contributed by atoms with Gasteiger partial charge in [-0.15, -0.1) is 0 Å². The van der Waals surface area contributed by atoms with E-state index in [2.05, 4.69) is 11.7 Å². The summed E-state index contributed by atoms with van der Waals surface area (Å²) in [5.74, 6) is -2.70. The highest BCUT2D eigenvalue weighted by atomic mass is 16.5. The Kier molecular flexibility index (Phi) is 14.1. The highest BCUT2D eigenvalue weighted by Gasteiger charge is 2.26. The second-order valence-electron chi connectivity index (χ2n) is 6.09. The Morgan fingerprint density at radius 1 is 0.818 bits per heavy atom. The largest absolute Gasteiger partial charge is 0.481 e. The van der Waals surface area contributed by atoms with E-state index in [9.17, 15) is 9.59 Å². The summed E-state index contributed by atoms with van der Waals surface area (Å²) in [5, 5.41) is 8.95. The third-order valence-corrected chi connectivity index (χ3v) is 4.13. The lowest BCUT2D eigenvalue weighted by atomic mass is 10.00. The maximum Gasteiger partial charge on any atom is 0.320 e. The Hall–Kier alpha value is -1.06. The molecule has 0 heterocycles. The molecule has 22 heavy (non-hydrogen) atoms. The van der Waals surface area contributed by atoms with Gasteiger partial charge in [0.05, 0.1) is 7.11 Å². The van der Waals surface area contributed by atoms with Crippen molar-refractivity contribution in [2.75, 3.05) is 7.11 Å². The molecule has 0 amide bonds. The summed E-state index contributed by atoms with van der Waals surface area (Å²) >= 11 is 0. The van der Waals surface area contributed by atoms with Crippen molar-refractivity contribution < 1.29 is 19.4 Å². The van der Waals surface area contributed by atoms with Crippen molar-refractivity contribution in [2.24, 2.45) is 5.92 Å². The number of hydrogen-bond acceptors (Lipinski definition) is 3. The van der Waals surface area contributed by atoms with Crippen molar-refractivity contribution in [3.8, 4) is 0 Å². The van der Waals surface area contributed by atoms with Crippen LogP contribution in [0.25, 0.3) is 0 Å². The second-order valence-corrected chi connectivity index (χ2v) is 6.09. The molecule has 4 heteroatoms. The quantitative estimate of drug-likeness (QED) is 0.264. The number of carboxylic acids is 1. The van der Waals surface area contributed by atoms with Crippen LogP contribution in [-0.4, -0.2) is 24.2 Å². The average Bonchev–Trinajstić information content (AvgIpc) is 2.51. The van der Waals surface area contributed by atoms with Crippen LogP contribution in [0.4, 0.5) is 0 Å². The lowest BCUT2D eigenvalue weighted by molar-refractivity contribution is -0.157. The van der Waals surface area contributed by atoms with Crippen LogP contribution in [0.2, 0.25) is 0 Å². The Balaban J connectivity index is 3.39. The first-order chi connectivity index (χ1) is 10.6. The molecule has 0 aromatic rings. The molecule has 0 unspecified atom stereocenters. The predicted octanol–water partition coefficient (Wildman–Crippen LogP) is 4.95. The Labute approximate surface area is 135 Å². The van der Waals surface area contributed by atoms with Gasteiger partial charge in [-0.2, -0.15) is 0 Å². The molecule has 0 saturated heterocycles. The van der Waals surface area contributed by atoms with Crippen LogP contribution in [0.3, 0.4) is 0 Å². The van der Waals surface area contributed by atoms with Crippen molar-refractivity contribution in [3.63, 3.8) is 0 Å². The molecule has 0 aliphatic carbocycles. The number of carbonyl (C=O) groups excluding carboxylic acids is 1. The first kappa shape index (κ1) is 20.9. The van der Waals surface area contributed by atoms with E-state index in [-0.39, 0.29) is 0 Å². The fourth-order valence-corrected chi connectivity index (χ4v) is 2.67. The predicted molar refractivity (Wildman–Crippen MR) is 88.8 cm³/mol. The molecule has 1 N–H and O–H groups in total. The fourth-order valence-electron chi connectivity index (χ4n) is 2.67. The Morgan fingerprint density at radius 3 is 1.59 bits per heavy atom. The third kappa shape index (κ3) is 11.6. The van der Waals surface area contributed by atoms with Crippen molar-refractivity contribution in [3.05, 3.63) is 0 Å². The molecule has 0 aliphatic heterocycles. The maximum absolute atomic E-state index is 11.3. The number of rotatable bonds is 15. The number of ether oxygens (including phenoxy) is 1. The number of hydrogen-bond donors (Lipinski definition) is 1. The molecule has 0 bridgehead atoms. The zero-order valence-electron chi connectivity index (χ0n) is 14.4. The van der Waals surface area contributed by atoms with Gasteiger partial charge < -0.3 is 9.84 Å². The van der Waals surface area contributed by atoms with Gasteiger partial charge in [-0.3, -0.25) is 9.59 Å². The summed E-state index contributed by atoms with van der Waals surface area (Å²) in [6.45, 7) is 2.24. The van der Waals surface area contributed by atoms with E-state index in [1.165, 1.54) is 64.9 Å². The molecular weight excluding hydrogens is 280 g/mol. The van der Waals surface area contributed by atoms with Gasteiger partial charge in [0.25, 0.3) is 0 Å². The van der Waals surface area contributed by atoms with E-state index in [1.54, 1.807) is 0 Å². The van der Waals surface area contributed by atoms with Gasteiger partial charge in [0.2, 0.25) is 0 Å². The molecule has 0 fully saturated rings. The van der Waals surface area contributed by atoms with Gasteiger partial charge in [0.15, 0.2) is 5.92 Å². The number of carbonyl (C=O) groups is 2. The molecule has 0 spiro atoms. The van der Waals surface area contributed by atoms with E-state index in [4.69, 9.17) is 5.11 Å². The van der Waals surface area contributed by atoms with Crippen molar-refractivity contribution >= 4 is 11.9 Å². The molecule has 0 saturated carbocycles. The summed E-state index contributed by atoms with van der Waals surface area (Å²) < 4.78 is 4.51. The monoisotopic (exact) mass is 314 g/mol. The molecule has 1 atom stereocenters. The number of aliphatic carboxylic acids is 1. The van der Waals surface area contributed by atoms with Crippen LogP contribution in [0.5, 0.6) is 0 Å². The van der Waals surface area contributed by atoms with Crippen LogP contribution in [0.15, 0.2) is 0 Å². The van der Waals surface area contributed by atoms with Crippen LogP contribution in [0, 0.1) is 5.92 Å². The Morgan fingerprint density at radius 2 is 1.23 bits per heavy atom. The molecule has 0 aromatic heterocycles. The lowest BCUT2D eigenvalue weighted by Crippen LogP contribution is -2.24. The zero-order valence-corrected chi connectivity index (χ0v) is 14.4. The normalized spacial score (nSPS) is 12.1. The van der Waals surface area contributed by atoms with Crippen molar-refractivity contribution in [2.45, 2.75) is 90.4 Å². The molecule has 0 aromatic carbocycles. The summed E-state index contributed by atoms with van der Waals surface area (Å²) in [5.41, 5.74) is 0. The standard InChI is InChI=1S/C18H34O4/c1-3-4-5-6-7-8-9-10-11-12-13-14-15-16(17(19)20)18(21)22-2/h16H,3-15H2,1-2H3,(H,19,20)/t16-/m0/s1. The highest BCUT2D eigenvalue weighted by Crippen LogP contribution is 2.15. The summed E-state index contributed by atoms with van der Waals surface area (Å²) in [7, 11) is 1.24. The zero-order chi connectivity index (χ0) is 16.6. The van der Waals surface area contributed by atoms with E-state index in [0.717, 1.165) is 19.3 Å². The topological polar surface area (TPSA) is 63.6 Å². The molecule has 130 valence electrons. The minimum Gasteiger partial charge on any atom is -0.481 e. The summed E-state index contributed by atoms with van der Waals surface area (Å²) in [6.07, 6.45) is 15.2. The van der Waals surface area contributed by atoms with Crippen LogP contribution >= 0.6 is 0 Å². The third-order valence-electron chi connectivity index (χ3n) is 4.13. The number of carboxylic acid groups (broad SMARTS) is 1. The first-order valence-electron chi connectivity index (χ1n) is 8.94. The van der Waals surface area contributed by atoms with Gasteiger partial charge in [-0.05, 0) is 6.42 Å². The van der Waals surface area contributed by atoms with Gasteiger partial charge in [-0.1, -0.05) is 84.0 Å². The van der Waals surface area contributed by atoms with Gasteiger partial charge >= 0.3 is 11.9 Å². The van der Waals surface area contributed by atoms with E-state index in [0.29, 0.717) is 6.42 Å². The molecule has 0 radical (unpaired) electrons. The maximum atomic E-state index is 11.3. The van der Waals surface area contributed by atoms with Crippen molar-refractivity contribution in [1.82, 2.24) is 0 Å². The molecule has 4 nitrogen and oxygen atoms in total. The minimum atomic E-state index is -1.07. The van der Waals surface area contributed by atoms with Gasteiger partial charge in [0, 0.05) is 0 Å². The smallest absolute Gasteiger partial charge is 0.320 e. The summed E-state index contributed by atoms with van der Waals surface area (Å²) in [4.78, 5) is 22.2. The van der Waals surface area contributed by atoms with Crippen molar-refractivity contribution in [1.29, 1.82) is 0 Å². The van der Waals surface area contributed by atoms with Crippen LogP contribution < -0.4 is 0 Å². The van der Waals surface area contributed by atoms with Gasteiger partial charge in [0.1, 0.15) is 0 Å². The minimum absolute atomic E-state index is 0.388. The fraction of sp³-hybridized carbons (Fsp3) is 0.889. The molecule has 0 rings (SSSR count). The molecular formula is C18H34O4. The van der Waals surface area contributed by atoms with E-state index >= 15 is 0 Å². The average molecular weight is 314 g/mol. The number of unbranched alkanes of at least 4 members (excludes halogenated alkanes) is 11. The second kappa shape index (κ2) is 14.9. The lowest BCUT2D eigenvalue weighted by Gasteiger charge is -2.09. The number of methoxy groups -OCH3 is 1. The van der Waals surface area contributed by atoms with Crippen LogP contribution in [-0.2, 0) is 14.3 Å². The van der Waals surface area contributed by atoms with E-state index < -0.39 is 17.9 Å². The highest BCUT2D eigenvalue weighted by molar-refractivity contribution is 5.93. The molecule has 0 aliphatic rings. The first-order valence-corrected chi connectivity index (χ1v) is 8.94. The van der Waals surface area contributed by atoms with Crippen LogP contribution in [0.1, 0.15) is 90.4 Å².